The monoisotopic (exact) mass is 211 g/mol. The summed E-state index contributed by atoms with van der Waals surface area (Å²) in [5.41, 5.74) is 0. The van der Waals surface area contributed by atoms with Crippen molar-refractivity contribution in [2.24, 2.45) is 17.8 Å². The summed E-state index contributed by atoms with van der Waals surface area (Å²) in [7, 11) is 0. The highest BCUT2D eigenvalue weighted by atomic mass is 14.9. The Bertz CT molecular complexity index is 147. The second kappa shape index (κ2) is 7.27. The quantitative estimate of drug-likeness (QED) is 0.658. The van der Waals surface area contributed by atoms with E-state index in [9.17, 15) is 0 Å². The molecule has 0 bridgehead atoms. The van der Waals surface area contributed by atoms with Gasteiger partial charge in [0.25, 0.3) is 0 Å². The van der Waals surface area contributed by atoms with Gasteiger partial charge in [-0.3, -0.25) is 0 Å². The molecule has 0 aromatic carbocycles. The van der Waals surface area contributed by atoms with Gasteiger partial charge in [-0.1, -0.05) is 52.9 Å². The van der Waals surface area contributed by atoms with Crippen LogP contribution in [0.15, 0.2) is 0 Å². The molecule has 1 atom stereocenters. The summed E-state index contributed by atoms with van der Waals surface area (Å²) in [6.45, 7) is 9.41. The second-order valence-corrected chi connectivity index (χ2v) is 5.72. The van der Waals surface area contributed by atoms with E-state index in [0.29, 0.717) is 0 Å². The summed E-state index contributed by atoms with van der Waals surface area (Å²) >= 11 is 0. The molecule has 1 fully saturated rings. The summed E-state index contributed by atoms with van der Waals surface area (Å²) in [5, 5.41) is 3.61. The number of hydrogen-bond donors (Lipinski definition) is 1. The first-order chi connectivity index (χ1) is 7.20. The lowest BCUT2D eigenvalue weighted by Gasteiger charge is -2.22. The first kappa shape index (κ1) is 13.0. The van der Waals surface area contributed by atoms with E-state index in [4.69, 9.17) is 0 Å². The molecular weight excluding hydrogens is 182 g/mol. The fourth-order valence-electron chi connectivity index (χ4n) is 2.35. The van der Waals surface area contributed by atoms with Crippen LogP contribution in [0.2, 0.25) is 0 Å². The van der Waals surface area contributed by atoms with Gasteiger partial charge >= 0.3 is 0 Å². The molecule has 0 heterocycles. The van der Waals surface area contributed by atoms with E-state index in [1.807, 2.05) is 0 Å². The van der Waals surface area contributed by atoms with Crippen molar-refractivity contribution >= 4 is 0 Å². The maximum absolute atomic E-state index is 3.61. The van der Waals surface area contributed by atoms with Crippen LogP contribution in [0.1, 0.15) is 59.3 Å². The van der Waals surface area contributed by atoms with Gasteiger partial charge in [0.2, 0.25) is 0 Å². The highest BCUT2D eigenvalue weighted by Gasteiger charge is 2.13. The third kappa shape index (κ3) is 5.55. The highest BCUT2D eigenvalue weighted by molar-refractivity contribution is 4.67. The zero-order valence-corrected chi connectivity index (χ0v) is 10.9. The number of rotatable bonds is 6. The van der Waals surface area contributed by atoms with Crippen LogP contribution < -0.4 is 5.32 Å². The van der Waals surface area contributed by atoms with Crippen molar-refractivity contribution in [3.8, 4) is 0 Å². The minimum atomic E-state index is 0.812. The van der Waals surface area contributed by atoms with Crippen LogP contribution >= 0.6 is 0 Å². The molecule has 1 aliphatic carbocycles. The van der Waals surface area contributed by atoms with Crippen LogP contribution in [0.25, 0.3) is 0 Å². The van der Waals surface area contributed by atoms with Crippen LogP contribution in [-0.4, -0.2) is 13.1 Å². The van der Waals surface area contributed by atoms with E-state index < -0.39 is 0 Å². The molecule has 0 aliphatic heterocycles. The first-order valence-corrected chi connectivity index (χ1v) is 6.91. The lowest BCUT2D eigenvalue weighted by atomic mass is 9.87. The van der Waals surface area contributed by atoms with E-state index in [2.05, 4.69) is 26.1 Å². The number of nitrogens with one attached hydrogen (secondary N) is 1. The molecule has 90 valence electrons. The second-order valence-electron chi connectivity index (χ2n) is 5.72. The zero-order valence-electron chi connectivity index (χ0n) is 10.9. The third-order valence-electron chi connectivity index (χ3n) is 4.06. The molecule has 0 amide bonds. The Morgan fingerprint density at radius 3 is 2.33 bits per heavy atom. The molecule has 0 saturated heterocycles. The van der Waals surface area contributed by atoms with E-state index in [1.54, 1.807) is 0 Å². The lowest BCUT2D eigenvalue weighted by Crippen LogP contribution is -2.26. The Morgan fingerprint density at radius 2 is 1.73 bits per heavy atom. The average Bonchev–Trinajstić information content (AvgIpc) is 2.25. The summed E-state index contributed by atoms with van der Waals surface area (Å²) in [5.74, 6) is 2.66. The Hall–Kier alpha value is -0.0400. The van der Waals surface area contributed by atoms with E-state index in [-0.39, 0.29) is 0 Å². The van der Waals surface area contributed by atoms with Gasteiger partial charge in [0.05, 0.1) is 0 Å². The van der Waals surface area contributed by atoms with Crippen LogP contribution in [0.5, 0.6) is 0 Å². The molecule has 15 heavy (non-hydrogen) atoms. The Kier molecular flexibility index (Phi) is 6.31. The zero-order chi connectivity index (χ0) is 11.1. The lowest BCUT2D eigenvalue weighted by molar-refractivity contribution is 0.324. The van der Waals surface area contributed by atoms with Gasteiger partial charge in [-0.15, -0.1) is 0 Å². The fraction of sp³-hybridized carbons (Fsp3) is 1.00. The molecule has 1 nitrogen and oxygen atoms in total. The average molecular weight is 211 g/mol. The van der Waals surface area contributed by atoms with Crippen LogP contribution in [-0.2, 0) is 0 Å². The molecule has 1 rings (SSSR count). The van der Waals surface area contributed by atoms with Crippen LogP contribution in [0, 0.1) is 17.8 Å². The molecule has 1 N–H and O–H groups in total. The van der Waals surface area contributed by atoms with Crippen molar-refractivity contribution < 1.29 is 0 Å². The summed E-state index contributed by atoms with van der Waals surface area (Å²) < 4.78 is 0. The van der Waals surface area contributed by atoms with Gasteiger partial charge in [0.15, 0.2) is 0 Å². The molecule has 1 unspecified atom stereocenters. The van der Waals surface area contributed by atoms with Crippen molar-refractivity contribution in [1.82, 2.24) is 5.32 Å². The maximum Gasteiger partial charge on any atom is -0.00207 e. The van der Waals surface area contributed by atoms with E-state index in [0.717, 1.165) is 17.8 Å². The molecule has 1 saturated carbocycles. The van der Waals surface area contributed by atoms with Gasteiger partial charge in [-0.2, -0.15) is 0 Å². The molecule has 0 spiro atoms. The molecular formula is C14H29N. The van der Waals surface area contributed by atoms with Crippen molar-refractivity contribution in [2.75, 3.05) is 13.1 Å². The van der Waals surface area contributed by atoms with Crippen LogP contribution in [0.4, 0.5) is 0 Å². The molecule has 0 aromatic rings. The summed E-state index contributed by atoms with van der Waals surface area (Å²) in [6, 6.07) is 0. The third-order valence-corrected chi connectivity index (χ3v) is 4.06. The SMILES string of the molecule is CC(C)C(C)CNCCC1CCCCC1. The molecule has 1 aliphatic rings. The Balaban J connectivity index is 1.96. The van der Waals surface area contributed by atoms with Gasteiger partial charge in [-0.25, -0.2) is 0 Å². The Morgan fingerprint density at radius 1 is 1.07 bits per heavy atom. The smallest absolute Gasteiger partial charge is 0.00207 e. The maximum atomic E-state index is 3.61. The van der Waals surface area contributed by atoms with E-state index in [1.165, 1.54) is 51.6 Å². The topological polar surface area (TPSA) is 12.0 Å². The van der Waals surface area contributed by atoms with Crippen molar-refractivity contribution in [1.29, 1.82) is 0 Å². The van der Waals surface area contributed by atoms with Crippen LogP contribution in [0.3, 0.4) is 0 Å². The van der Waals surface area contributed by atoms with Gasteiger partial charge < -0.3 is 5.32 Å². The molecule has 0 aromatic heterocycles. The standard InChI is InChI=1S/C14H29N/c1-12(2)13(3)11-15-10-9-14-7-5-4-6-8-14/h12-15H,4-11H2,1-3H3. The number of hydrogen-bond acceptors (Lipinski definition) is 1. The molecule has 1 heteroatoms. The summed E-state index contributed by atoms with van der Waals surface area (Å²) in [6.07, 6.45) is 8.82. The molecule has 0 radical (unpaired) electrons. The van der Waals surface area contributed by atoms with Crippen molar-refractivity contribution in [2.45, 2.75) is 59.3 Å². The summed E-state index contributed by atoms with van der Waals surface area (Å²) in [4.78, 5) is 0. The fourth-order valence-corrected chi connectivity index (χ4v) is 2.35. The van der Waals surface area contributed by atoms with Crippen molar-refractivity contribution in [3.63, 3.8) is 0 Å². The first-order valence-electron chi connectivity index (χ1n) is 6.91. The van der Waals surface area contributed by atoms with Gasteiger partial charge in [0.1, 0.15) is 0 Å². The van der Waals surface area contributed by atoms with Crippen molar-refractivity contribution in [3.05, 3.63) is 0 Å². The van der Waals surface area contributed by atoms with Gasteiger partial charge in [0, 0.05) is 0 Å². The van der Waals surface area contributed by atoms with E-state index >= 15 is 0 Å². The highest BCUT2D eigenvalue weighted by Crippen LogP contribution is 2.25. The minimum Gasteiger partial charge on any atom is -0.316 e. The predicted molar refractivity (Wildman–Crippen MR) is 68.1 cm³/mol. The largest absolute Gasteiger partial charge is 0.316 e. The van der Waals surface area contributed by atoms with Gasteiger partial charge in [-0.05, 0) is 37.3 Å². The minimum absolute atomic E-state index is 0.812. The normalized spacial score (nSPS) is 20.8. The predicted octanol–water partition coefficient (Wildman–Crippen LogP) is 3.84. The Labute approximate surface area is 96.0 Å².